The summed E-state index contributed by atoms with van der Waals surface area (Å²) in [5, 5.41) is 9.76. The van der Waals surface area contributed by atoms with Crippen LogP contribution in [0.5, 0.6) is 0 Å². The lowest BCUT2D eigenvalue weighted by Crippen LogP contribution is -2.31. The zero-order valence-corrected chi connectivity index (χ0v) is 13.4. The standard InChI is InChI=1S/C18H27N3/c1-3-18(11-7-8-12-18)14-19-13-16-15-9-5-6-10-17(15)21(4-2)20-16/h5-6,9-10,19H,3-4,7-8,11-14H2,1-2H3. The molecule has 0 aliphatic heterocycles. The van der Waals surface area contributed by atoms with Gasteiger partial charge in [0.15, 0.2) is 0 Å². The predicted molar refractivity (Wildman–Crippen MR) is 88.3 cm³/mol. The van der Waals surface area contributed by atoms with E-state index in [-0.39, 0.29) is 0 Å². The smallest absolute Gasteiger partial charge is 0.0841 e. The Morgan fingerprint density at radius 1 is 1.19 bits per heavy atom. The van der Waals surface area contributed by atoms with Crippen LogP contribution in [0.1, 0.15) is 51.6 Å². The third kappa shape index (κ3) is 2.84. The molecule has 1 N–H and O–H groups in total. The first-order chi connectivity index (χ1) is 10.3. The number of nitrogens with zero attached hydrogens (tertiary/aromatic N) is 2. The van der Waals surface area contributed by atoms with Crippen molar-refractivity contribution in [3.05, 3.63) is 30.0 Å². The number of fused-ring (bicyclic) bond motifs is 1. The molecule has 1 heterocycles. The van der Waals surface area contributed by atoms with Crippen LogP contribution in [0.25, 0.3) is 10.9 Å². The molecule has 1 fully saturated rings. The van der Waals surface area contributed by atoms with Gasteiger partial charge in [0.05, 0.1) is 11.2 Å². The van der Waals surface area contributed by atoms with Gasteiger partial charge in [0.25, 0.3) is 0 Å². The van der Waals surface area contributed by atoms with E-state index in [1.54, 1.807) is 0 Å². The molecule has 1 saturated carbocycles. The van der Waals surface area contributed by atoms with Crippen LogP contribution >= 0.6 is 0 Å². The Kier molecular flexibility index (Phi) is 4.29. The number of para-hydroxylation sites is 1. The van der Waals surface area contributed by atoms with Gasteiger partial charge in [-0.1, -0.05) is 38.0 Å². The first-order valence-corrected chi connectivity index (χ1v) is 8.43. The highest BCUT2D eigenvalue weighted by Crippen LogP contribution is 2.40. The summed E-state index contributed by atoms with van der Waals surface area (Å²) in [5.41, 5.74) is 2.99. The van der Waals surface area contributed by atoms with Gasteiger partial charge in [-0.2, -0.15) is 5.10 Å². The van der Waals surface area contributed by atoms with Crippen LogP contribution in [0.2, 0.25) is 0 Å². The molecule has 0 atom stereocenters. The second kappa shape index (κ2) is 6.18. The molecule has 1 aromatic carbocycles. The lowest BCUT2D eigenvalue weighted by molar-refractivity contribution is 0.268. The van der Waals surface area contributed by atoms with Gasteiger partial charge < -0.3 is 5.32 Å². The zero-order chi connectivity index (χ0) is 14.7. The third-order valence-corrected chi connectivity index (χ3v) is 5.24. The van der Waals surface area contributed by atoms with Crippen LogP contribution in [0.3, 0.4) is 0 Å². The Bertz CT molecular complexity index is 594. The summed E-state index contributed by atoms with van der Waals surface area (Å²) in [7, 11) is 0. The van der Waals surface area contributed by atoms with E-state index in [2.05, 4.69) is 48.1 Å². The molecule has 0 bridgehead atoms. The first-order valence-electron chi connectivity index (χ1n) is 8.43. The van der Waals surface area contributed by atoms with Gasteiger partial charge in [-0.25, -0.2) is 0 Å². The maximum absolute atomic E-state index is 4.77. The lowest BCUT2D eigenvalue weighted by atomic mass is 9.83. The second-order valence-electron chi connectivity index (χ2n) is 6.44. The number of hydrogen-bond donors (Lipinski definition) is 1. The van der Waals surface area contributed by atoms with Gasteiger partial charge in [0.1, 0.15) is 0 Å². The summed E-state index contributed by atoms with van der Waals surface area (Å²) in [5.74, 6) is 0. The summed E-state index contributed by atoms with van der Waals surface area (Å²) < 4.78 is 2.11. The molecular weight excluding hydrogens is 258 g/mol. The summed E-state index contributed by atoms with van der Waals surface area (Å²) in [6, 6.07) is 8.56. The molecule has 3 rings (SSSR count). The van der Waals surface area contributed by atoms with E-state index in [1.807, 2.05) is 0 Å². The minimum absolute atomic E-state index is 0.545. The van der Waals surface area contributed by atoms with E-state index in [1.165, 1.54) is 48.7 Å². The Morgan fingerprint density at radius 3 is 2.67 bits per heavy atom. The third-order valence-electron chi connectivity index (χ3n) is 5.24. The normalized spacial score (nSPS) is 17.6. The minimum Gasteiger partial charge on any atom is -0.311 e. The molecule has 1 aliphatic carbocycles. The number of aromatic nitrogens is 2. The molecular formula is C18H27N3. The van der Waals surface area contributed by atoms with Crippen molar-refractivity contribution >= 4 is 10.9 Å². The van der Waals surface area contributed by atoms with E-state index in [0.717, 1.165) is 19.6 Å². The first kappa shape index (κ1) is 14.6. The van der Waals surface area contributed by atoms with E-state index in [9.17, 15) is 0 Å². The maximum atomic E-state index is 4.77. The van der Waals surface area contributed by atoms with Crippen LogP contribution in [-0.4, -0.2) is 16.3 Å². The number of benzene rings is 1. The Balaban J connectivity index is 1.71. The summed E-state index contributed by atoms with van der Waals surface area (Å²) in [6.07, 6.45) is 6.89. The quantitative estimate of drug-likeness (QED) is 0.865. The van der Waals surface area contributed by atoms with Gasteiger partial charge in [-0.15, -0.1) is 0 Å². The number of hydrogen-bond acceptors (Lipinski definition) is 2. The van der Waals surface area contributed by atoms with Crippen LogP contribution in [-0.2, 0) is 13.1 Å². The van der Waals surface area contributed by atoms with Crippen molar-refractivity contribution in [1.29, 1.82) is 0 Å². The van der Waals surface area contributed by atoms with Gasteiger partial charge in [0, 0.05) is 25.0 Å². The average Bonchev–Trinajstić information content (AvgIpc) is 3.13. The van der Waals surface area contributed by atoms with Crippen LogP contribution in [0.15, 0.2) is 24.3 Å². The van der Waals surface area contributed by atoms with Crippen molar-refractivity contribution in [1.82, 2.24) is 15.1 Å². The number of nitrogens with one attached hydrogen (secondary N) is 1. The average molecular weight is 285 g/mol. The summed E-state index contributed by atoms with van der Waals surface area (Å²) in [6.45, 7) is 7.45. The Labute approximate surface area is 127 Å². The van der Waals surface area contributed by atoms with Crippen molar-refractivity contribution in [2.24, 2.45) is 5.41 Å². The molecule has 0 saturated heterocycles. The number of rotatable bonds is 6. The Morgan fingerprint density at radius 2 is 1.95 bits per heavy atom. The van der Waals surface area contributed by atoms with Crippen molar-refractivity contribution < 1.29 is 0 Å². The number of aryl methyl sites for hydroxylation is 1. The Hall–Kier alpha value is -1.35. The predicted octanol–water partition coefficient (Wildman–Crippen LogP) is 4.12. The highest BCUT2D eigenvalue weighted by molar-refractivity contribution is 5.81. The van der Waals surface area contributed by atoms with Crippen molar-refractivity contribution in [3.63, 3.8) is 0 Å². The fourth-order valence-electron chi connectivity index (χ4n) is 3.79. The monoisotopic (exact) mass is 285 g/mol. The second-order valence-corrected chi connectivity index (χ2v) is 6.44. The molecule has 3 nitrogen and oxygen atoms in total. The molecule has 0 amide bonds. The van der Waals surface area contributed by atoms with E-state index >= 15 is 0 Å². The van der Waals surface area contributed by atoms with E-state index in [0.29, 0.717) is 5.41 Å². The topological polar surface area (TPSA) is 29.9 Å². The minimum atomic E-state index is 0.545. The largest absolute Gasteiger partial charge is 0.311 e. The summed E-state index contributed by atoms with van der Waals surface area (Å²) >= 11 is 0. The van der Waals surface area contributed by atoms with Gasteiger partial charge >= 0.3 is 0 Å². The van der Waals surface area contributed by atoms with Crippen LogP contribution in [0, 0.1) is 5.41 Å². The molecule has 0 radical (unpaired) electrons. The molecule has 3 heteroatoms. The lowest BCUT2D eigenvalue weighted by Gasteiger charge is -2.27. The molecule has 1 aromatic heterocycles. The molecule has 21 heavy (non-hydrogen) atoms. The van der Waals surface area contributed by atoms with E-state index in [4.69, 9.17) is 5.10 Å². The SMILES string of the molecule is CCn1nc(CNCC2(CC)CCCC2)c2ccccc21. The summed E-state index contributed by atoms with van der Waals surface area (Å²) in [4.78, 5) is 0. The van der Waals surface area contributed by atoms with Crippen LogP contribution < -0.4 is 5.32 Å². The van der Waals surface area contributed by atoms with Crippen LogP contribution in [0.4, 0.5) is 0 Å². The van der Waals surface area contributed by atoms with Crippen molar-refractivity contribution in [2.45, 2.75) is 59.0 Å². The van der Waals surface area contributed by atoms with Crippen molar-refractivity contribution in [3.8, 4) is 0 Å². The van der Waals surface area contributed by atoms with Gasteiger partial charge in [0.2, 0.25) is 0 Å². The molecule has 0 unspecified atom stereocenters. The fourth-order valence-corrected chi connectivity index (χ4v) is 3.79. The van der Waals surface area contributed by atoms with Crippen molar-refractivity contribution in [2.75, 3.05) is 6.54 Å². The maximum Gasteiger partial charge on any atom is 0.0841 e. The van der Waals surface area contributed by atoms with Gasteiger partial charge in [-0.05, 0) is 37.7 Å². The van der Waals surface area contributed by atoms with E-state index < -0.39 is 0 Å². The molecule has 114 valence electrons. The molecule has 1 aliphatic rings. The highest BCUT2D eigenvalue weighted by Gasteiger charge is 2.31. The molecule has 2 aromatic rings. The highest BCUT2D eigenvalue weighted by atomic mass is 15.3. The fraction of sp³-hybridized carbons (Fsp3) is 0.611. The zero-order valence-electron chi connectivity index (χ0n) is 13.4. The van der Waals surface area contributed by atoms with Gasteiger partial charge in [-0.3, -0.25) is 4.68 Å². The molecule has 0 spiro atoms.